The first kappa shape index (κ1) is 14.6. The van der Waals surface area contributed by atoms with Crippen molar-refractivity contribution >= 4 is 17.3 Å². The Morgan fingerprint density at radius 2 is 1.84 bits per heavy atom. The van der Waals surface area contributed by atoms with Gasteiger partial charge in [-0.3, -0.25) is 0 Å². The summed E-state index contributed by atoms with van der Waals surface area (Å²) in [7, 11) is 0. The molecule has 0 radical (unpaired) electrons. The molecule has 25 heavy (non-hydrogen) atoms. The van der Waals surface area contributed by atoms with Crippen LogP contribution in [0.1, 0.15) is 35.6 Å². The molecule has 3 heterocycles. The van der Waals surface area contributed by atoms with Gasteiger partial charge in [-0.2, -0.15) is 5.10 Å². The lowest BCUT2D eigenvalue weighted by molar-refractivity contribution is -0.0190. The Bertz CT molecular complexity index is 935. The van der Waals surface area contributed by atoms with Gasteiger partial charge < -0.3 is 9.15 Å². The largest absolute Gasteiger partial charge is 0.464 e. The molecule has 0 unspecified atom stereocenters. The molecule has 2 aromatic carbocycles. The monoisotopic (exact) mass is 350 g/mol. The van der Waals surface area contributed by atoms with Crippen molar-refractivity contribution in [2.45, 2.75) is 18.7 Å². The lowest BCUT2D eigenvalue weighted by Gasteiger charge is -2.38. The van der Waals surface area contributed by atoms with Crippen LogP contribution in [0, 0.1) is 0 Å². The lowest BCUT2D eigenvalue weighted by Crippen LogP contribution is -2.33. The highest BCUT2D eigenvalue weighted by atomic mass is 35.5. The topological polar surface area (TPSA) is 38.0 Å². The smallest absolute Gasteiger partial charge is 0.213 e. The Balaban J connectivity index is 1.60. The number of ether oxygens (including phenoxy) is 1. The maximum atomic E-state index is 6.28. The number of hydrogen-bond acceptors (Lipinski definition) is 4. The minimum atomic E-state index is -0.287. The zero-order valence-electron chi connectivity index (χ0n) is 13.3. The third-order valence-electron chi connectivity index (χ3n) is 4.66. The third kappa shape index (κ3) is 2.41. The molecule has 0 bridgehead atoms. The van der Waals surface area contributed by atoms with Crippen molar-refractivity contribution in [2.75, 3.05) is 0 Å². The van der Waals surface area contributed by atoms with Crippen LogP contribution in [0.2, 0.25) is 5.02 Å². The van der Waals surface area contributed by atoms with Crippen LogP contribution in [-0.2, 0) is 0 Å². The maximum absolute atomic E-state index is 6.28. The Morgan fingerprint density at radius 3 is 2.64 bits per heavy atom. The van der Waals surface area contributed by atoms with Crippen molar-refractivity contribution in [3.05, 3.63) is 88.8 Å². The van der Waals surface area contributed by atoms with Crippen molar-refractivity contribution < 1.29 is 9.15 Å². The molecule has 3 aromatic rings. The summed E-state index contributed by atoms with van der Waals surface area (Å²) in [5, 5.41) is 7.57. The Hall–Kier alpha value is -2.72. The highest BCUT2D eigenvalue weighted by Gasteiger charge is 2.41. The molecule has 4 nitrogen and oxygen atoms in total. The number of para-hydroxylation sites is 1. The summed E-state index contributed by atoms with van der Waals surface area (Å²) in [6, 6.07) is 19.8. The van der Waals surface area contributed by atoms with Crippen LogP contribution in [0.25, 0.3) is 0 Å². The van der Waals surface area contributed by atoms with E-state index in [1.807, 2.05) is 59.6 Å². The normalized spacial score (nSPS) is 21.3. The fourth-order valence-corrected chi connectivity index (χ4v) is 3.60. The van der Waals surface area contributed by atoms with E-state index in [1.54, 1.807) is 6.26 Å². The highest BCUT2D eigenvalue weighted by molar-refractivity contribution is 6.30. The molecule has 2 aliphatic heterocycles. The van der Waals surface area contributed by atoms with E-state index in [9.17, 15) is 0 Å². The molecule has 0 saturated heterocycles. The van der Waals surface area contributed by atoms with E-state index >= 15 is 0 Å². The maximum Gasteiger partial charge on any atom is 0.213 e. The van der Waals surface area contributed by atoms with Gasteiger partial charge in [0.1, 0.15) is 17.2 Å². The fourth-order valence-electron chi connectivity index (χ4n) is 3.47. The van der Waals surface area contributed by atoms with E-state index in [2.05, 4.69) is 6.07 Å². The van der Waals surface area contributed by atoms with Crippen LogP contribution >= 0.6 is 11.6 Å². The minimum absolute atomic E-state index is 0.130. The molecule has 1 aromatic heterocycles. The van der Waals surface area contributed by atoms with E-state index in [-0.39, 0.29) is 12.3 Å². The molecule has 5 rings (SSSR count). The first-order valence-corrected chi connectivity index (χ1v) is 8.58. The fraction of sp³-hybridized carbons (Fsp3) is 0.150. The van der Waals surface area contributed by atoms with Crippen LogP contribution in [0.15, 0.2) is 76.4 Å². The minimum Gasteiger partial charge on any atom is -0.464 e. The third-order valence-corrected chi connectivity index (χ3v) is 4.91. The van der Waals surface area contributed by atoms with Crippen molar-refractivity contribution in [3.8, 4) is 5.75 Å². The molecule has 2 aliphatic rings. The molecule has 0 N–H and O–H groups in total. The summed E-state index contributed by atoms with van der Waals surface area (Å²) in [4.78, 5) is 0. The zero-order chi connectivity index (χ0) is 16.8. The van der Waals surface area contributed by atoms with Gasteiger partial charge in [-0.25, -0.2) is 5.01 Å². The Kier molecular flexibility index (Phi) is 3.31. The molecule has 0 spiro atoms. The SMILES string of the molecule is Clc1ccc([C@@H]2Oc3ccccc3[C@@H]3CC(c4ccco4)=NN32)cc1. The molecule has 124 valence electrons. The van der Waals surface area contributed by atoms with Crippen molar-refractivity contribution in [1.29, 1.82) is 0 Å². The number of hydrazone groups is 1. The summed E-state index contributed by atoms with van der Waals surface area (Å²) < 4.78 is 11.8. The van der Waals surface area contributed by atoms with Crippen LogP contribution in [0.3, 0.4) is 0 Å². The summed E-state index contributed by atoms with van der Waals surface area (Å²) >= 11 is 6.04. The summed E-state index contributed by atoms with van der Waals surface area (Å²) in [5.41, 5.74) is 3.11. The summed E-state index contributed by atoms with van der Waals surface area (Å²) in [6.07, 6.45) is 2.18. The molecular formula is C20H15ClN2O2. The van der Waals surface area contributed by atoms with Crippen LogP contribution in [0.5, 0.6) is 5.75 Å². The summed E-state index contributed by atoms with van der Waals surface area (Å²) in [5.74, 6) is 1.71. The second-order valence-electron chi connectivity index (χ2n) is 6.18. The predicted molar refractivity (Wildman–Crippen MR) is 95.7 cm³/mol. The highest BCUT2D eigenvalue weighted by Crippen LogP contribution is 2.47. The molecule has 0 amide bonds. The average molecular weight is 351 g/mol. The Morgan fingerprint density at radius 1 is 1.00 bits per heavy atom. The van der Waals surface area contributed by atoms with E-state index in [0.29, 0.717) is 5.02 Å². The second-order valence-corrected chi connectivity index (χ2v) is 6.62. The summed E-state index contributed by atoms with van der Waals surface area (Å²) in [6.45, 7) is 0. The van der Waals surface area contributed by atoms with E-state index < -0.39 is 0 Å². The number of furan rings is 1. The van der Waals surface area contributed by atoms with E-state index in [4.69, 9.17) is 25.9 Å². The lowest BCUT2D eigenvalue weighted by atomic mass is 9.97. The first-order chi connectivity index (χ1) is 12.3. The van der Waals surface area contributed by atoms with Gasteiger partial charge in [-0.05, 0) is 30.3 Å². The van der Waals surface area contributed by atoms with Crippen molar-refractivity contribution in [1.82, 2.24) is 5.01 Å². The van der Waals surface area contributed by atoms with Gasteiger partial charge in [0.05, 0.1) is 12.3 Å². The van der Waals surface area contributed by atoms with Crippen molar-refractivity contribution in [3.63, 3.8) is 0 Å². The molecular weight excluding hydrogens is 336 g/mol. The number of halogens is 1. The van der Waals surface area contributed by atoms with Crippen molar-refractivity contribution in [2.24, 2.45) is 5.10 Å². The second kappa shape index (κ2) is 5.67. The standard InChI is InChI=1S/C20H15ClN2O2/c21-14-9-7-13(8-10-14)20-23-17(15-4-1-2-5-18(15)25-20)12-16(22-23)19-6-3-11-24-19/h1-11,17,20H,12H2/t17-,20-/m0/s1. The van der Waals surface area contributed by atoms with Gasteiger partial charge in [0.15, 0.2) is 0 Å². The van der Waals surface area contributed by atoms with Gasteiger partial charge in [0, 0.05) is 22.6 Å². The van der Waals surface area contributed by atoms with Gasteiger partial charge in [-0.1, -0.05) is 41.9 Å². The molecule has 2 atom stereocenters. The number of hydrogen-bond donors (Lipinski definition) is 0. The number of fused-ring (bicyclic) bond motifs is 3. The quantitative estimate of drug-likeness (QED) is 0.639. The molecule has 0 aliphatic carbocycles. The molecule has 0 saturated carbocycles. The van der Waals surface area contributed by atoms with Crippen LogP contribution in [0.4, 0.5) is 0 Å². The van der Waals surface area contributed by atoms with Gasteiger partial charge in [0.25, 0.3) is 0 Å². The van der Waals surface area contributed by atoms with E-state index in [0.717, 1.165) is 34.8 Å². The molecule has 5 heteroatoms. The number of benzene rings is 2. The van der Waals surface area contributed by atoms with Gasteiger partial charge in [-0.15, -0.1) is 0 Å². The van der Waals surface area contributed by atoms with Crippen LogP contribution < -0.4 is 4.74 Å². The number of nitrogens with zero attached hydrogens (tertiary/aromatic N) is 2. The van der Waals surface area contributed by atoms with E-state index in [1.165, 1.54) is 0 Å². The average Bonchev–Trinajstić information content (AvgIpc) is 3.31. The predicted octanol–water partition coefficient (Wildman–Crippen LogP) is 5.18. The number of rotatable bonds is 2. The zero-order valence-corrected chi connectivity index (χ0v) is 14.1. The first-order valence-electron chi connectivity index (χ1n) is 8.20. The van der Waals surface area contributed by atoms with Gasteiger partial charge in [0.2, 0.25) is 6.23 Å². The van der Waals surface area contributed by atoms with Gasteiger partial charge >= 0.3 is 0 Å². The Labute approximate surface area is 150 Å². The molecule has 0 fully saturated rings. The van der Waals surface area contributed by atoms with Crippen LogP contribution in [-0.4, -0.2) is 10.7 Å².